The molecule has 0 unspecified atom stereocenters. The molecule has 0 bridgehead atoms. The summed E-state index contributed by atoms with van der Waals surface area (Å²) in [6.07, 6.45) is -0.0956. The largest absolute Gasteiger partial charge is 0.415 e. The van der Waals surface area contributed by atoms with Gasteiger partial charge in [0.1, 0.15) is 0 Å². The maximum atomic E-state index is 12.9. The molecule has 0 aromatic heterocycles. The van der Waals surface area contributed by atoms with Crippen LogP contribution < -0.4 is 5.32 Å². The summed E-state index contributed by atoms with van der Waals surface area (Å²) in [5, 5.41) is 2.95. The fourth-order valence-corrected chi connectivity index (χ4v) is 2.49. The van der Waals surface area contributed by atoms with E-state index in [1.54, 1.807) is 0 Å². The van der Waals surface area contributed by atoms with Crippen molar-refractivity contribution in [3.8, 4) is 0 Å². The first-order chi connectivity index (χ1) is 7.04. The summed E-state index contributed by atoms with van der Waals surface area (Å²) in [5.74, 6) is -2.55. The Kier molecular flexibility index (Phi) is 3.82. The molecule has 0 aliphatic carbocycles. The molecule has 0 spiro atoms. The van der Waals surface area contributed by atoms with Gasteiger partial charge in [0.2, 0.25) is 0 Å². The highest BCUT2D eigenvalue weighted by Gasteiger charge is 2.42. The predicted molar refractivity (Wildman–Crippen MR) is 64.5 cm³/mol. The lowest BCUT2D eigenvalue weighted by molar-refractivity contribution is 0.0194. The van der Waals surface area contributed by atoms with Crippen molar-refractivity contribution < 1.29 is 13.2 Å². The first-order valence-corrected chi connectivity index (χ1v) is 8.69. The van der Waals surface area contributed by atoms with Gasteiger partial charge in [-0.2, -0.15) is 0 Å². The van der Waals surface area contributed by atoms with Gasteiger partial charge in [-0.15, -0.1) is 0 Å². The normalized spacial score (nSPS) is 26.1. The van der Waals surface area contributed by atoms with Crippen LogP contribution in [-0.4, -0.2) is 33.4 Å². The van der Waals surface area contributed by atoms with Crippen LogP contribution in [0.2, 0.25) is 18.1 Å². The SMILES string of the molecule is CC(C)(C)[Si](C)(C)OC[C@@H]1CC(F)(F)CN1. The molecule has 0 amide bonds. The molecule has 1 aliphatic rings. The number of halogens is 2. The highest BCUT2D eigenvalue weighted by Crippen LogP contribution is 2.37. The minimum absolute atomic E-state index is 0.0956. The van der Waals surface area contributed by atoms with Crippen LogP contribution in [0.3, 0.4) is 0 Å². The summed E-state index contributed by atoms with van der Waals surface area (Å²) >= 11 is 0. The van der Waals surface area contributed by atoms with Gasteiger partial charge in [0.05, 0.1) is 6.54 Å². The average molecular weight is 251 g/mol. The van der Waals surface area contributed by atoms with Crippen molar-refractivity contribution in [3.63, 3.8) is 0 Å². The fourth-order valence-electron chi connectivity index (χ4n) is 1.44. The van der Waals surface area contributed by atoms with Crippen molar-refractivity contribution in [2.24, 2.45) is 0 Å². The minimum atomic E-state index is -2.55. The number of hydrogen-bond donors (Lipinski definition) is 1. The number of nitrogens with one attached hydrogen (secondary N) is 1. The smallest absolute Gasteiger partial charge is 0.261 e. The van der Waals surface area contributed by atoms with E-state index in [-0.39, 0.29) is 24.0 Å². The summed E-state index contributed by atoms with van der Waals surface area (Å²) in [6.45, 7) is 10.9. The zero-order valence-corrected chi connectivity index (χ0v) is 11.9. The van der Waals surface area contributed by atoms with E-state index < -0.39 is 14.2 Å². The Morgan fingerprint density at radius 3 is 2.31 bits per heavy atom. The van der Waals surface area contributed by atoms with E-state index in [2.05, 4.69) is 39.2 Å². The predicted octanol–water partition coefficient (Wildman–Crippen LogP) is 3.01. The quantitative estimate of drug-likeness (QED) is 0.779. The van der Waals surface area contributed by atoms with E-state index in [0.717, 1.165) is 0 Å². The van der Waals surface area contributed by atoms with Crippen LogP contribution in [0.4, 0.5) is 8.78 Å². The Labute approximate surface area is 97.9 Å². The molecule has 0 aromatic rings. The Morgan fingerprint density at radius 2 is 1.94 bits per heavy atom. The maximum Gasteiger partial charge on any atom is 0.261 e. The first-order valence-electron chi connectivity index (χ1n) is 5.79. The zero-order valence-electron chi connectivity index (χ0n) is 10.9. The summed E-state index contributed by atoms with van der Waals surface area (Å²) in [4.78, 5) is 0. The second-order valence-corrected chi connectivity index (χ2v) is 11.0. The monoisotopic (exact) mass is 251 g/mol. The second-order valence-electron chi connectivity index (χ2n) is 6.21. The van der Waals surface area contributed by atoms with Gasteiger partial charge in [-0.05, 0) is 18.1 Å². The standard InChI is InChI=1S/C11H23F2NOSi/c1-10(2,3)16(4,5)15-7-9-6-11(12,13)8-14-9/h9,14H,6-8H2,1-5H3/t9-/m0/s1. The Hall–Kier alpha value is -0.00312. The lowest BCUT2D eigenvalue weighted by Gasteiger charge is -2.36. The van der Waals surface area contributed by atoms with Gasteiger partial charge in [-0.1, -0.05) is 20.8 Å². The highest BCUT2D eigenvalue weighted by molar-refractivity contribution is 6.74. The molecule has 2 nitrogen and oxygen atoms in total. The maximum absolute atomic E-state index is 12.9. The molecule has 0 aromatic carbocycles. The third-order valence-electron chi connectivity index (χ3n) is 3.65. The van der Waals surface area contributed by atoms with E-state index in [1.807, 2.05) is 0 Å². The molecule has 1 rings (SSSR count). The van der Waals surface area contributed by atoms with Gasteiger partial charge in [-0.25, -0.2) is 8.78 Å². The molecule has 96 valence electrons. The third kappa shape index (κ3) is 3.50. The van der Waals surface area contributed by atoms with Gasteiger partial charge in [0.25, 0.3) is 5.92 Å². The number of hydrogen-bond acceptors (Lipinski definition) is 2. The Balaban J connectivity index is 2.42. The summed E-state index contributed by atoms with van der Waals surface area (Å²) in [6, 6.07) is -0.191. The number of rotatable bonds is 3. The van der Waals surface area contributed by atoms with Crippen LogP contribution in [0.5, 0.6) is 0 Å². The van der Waals surface area contributed by atoms with E-state index in [9.17, 15) is 8.78 Å². The molecule has 16 heavy (non-hydrogen) atoms. The van der Waals surface area contributed by atoms with E-state index in [0.29, 0.717) is 6.61 Å². The van der Waals surface area contributed by atoms with Crippen LogP contribution in [0.25, 0.3) is 0 Å². The van der Waals surface area contributed by atoms with E-state index in [4.69, 9.17) is 4.43 Å². The van der Waals surface area contributed by atoms with E-state index in [1.165, 1.54) is 0 Å². The van der Waals surface area contributed by atoms with Gasteiger partial charge in [-0.3, -0.25) is 0 Å². The zero-order chi connectivity index (χ0) is 12.6. The molecule has 1 fully saturated rings. The third-order valence-corrected chi connectivity index (χ3v) is 8.15. The highest BCUT2D eigenvalue weighted by atomic mass is 28.4. The minimum Gasteiger partial charge on any atom is -0.415 e. The van der Waals surface area contributed by atoms with Gasteiger partial charge in [0.15, 0.2) is 8.32 Å². The fraction of sp³-hybridized carbons (Fsp3) is 1.00. The Morgan fingerprint density at radius 1 is 1.38 bits per heavy atom. The molecule has 1 atom stereocenters. The lowest BCUT2D eigenvalue weighted by atomic mass is 10.2. The summed E-state index contributed by atoms with van der Waals surface area (Å²) in [5.41, 5.74) is 0. The molecular weight excluding hydrogens is 228 g/mol. The molecule has 0 saturated carbocycles. The van der Waals surface area contributed by atoms with Crippen molar-refractivity contribution in [2.45, 2.75) is 57.3 Å². The second kappa shape index (κ2) is 4.35. The van der Waals surface area contributed by atoms with Crippen LogP contribution in [0.15, 0.2) is 0 Å². The van der Waals surface area contributed by atoms with Crippen LogP contribution in [0.1, 0.15) is 27.2 Å². The van der Waals surface area contributed by atoms with Crippen molar-refractivity contribution in [1.82, 2.24) is 5.32 Å². The number of alkyl halides is 2. The van der Waals surface area contributed by atoms with Gasteiger partial charge in [0, 0.05) is 19.1 Å². The topological polar surface area (TPSA) is 21.3 Å². The molecule has 1 N–H and O–H groups in total. The van der Waals surface area contributed by atoms with Crippen LogP contribution in [0, 0.1) is 0 Å². The van der Waals surface area contributed by atoms with Crippen molar-refractivity contribution >= 4 is 8.32 Å². The van der Waals surface area contributed by atoms with Crippen LogP contribution in [-0.2, 0) is 4.43 Å². The van der Waals surface area contributed by atoms with Gasteiger partial charge < -0.3 is 9.74 Å². The molecule has 1 aliphatic heterocycles. The Bertz CT molecular complexity index is 251. The first kappa shape index (κ1) is 14.1. The van der Waals surface area contributed by atoms with Crippen LogP contribution >= 0.6 is 0 Å². The molecule has 5 heteroatoms. The van der Waals surface area contributed by atoms with Gasteiger partial charge >= 0.3 is 0 Å². The molecule has 1 heterocycles. The average Bonchev–Trinajstić information content (AvgIpc) is 2.40. The molecular formula is C11H23F2NOSi. The summed E-state index contributed by atoms with van der Waals surface area (Å²) in [7, 11) is -1.80. The molecule has 1 saturated heterocycles. The van der Waals surface area contributed by atoms with Crippen molar-refractivity contribution in [3.05, 3.63) is 0 Å². The summed E-state index contributed by atoms with van der Waals surface area (Å²) < 4.78 is 31.8. The van der Waals surface area contributed by atoms with E-state index >= 15 is 0 Å². The molecule has 0 radical (unpaired) electrons. The van der Waals surface area contributed by atoms with Crippen molar-refractivity contribution in [2.75, 3.05) is 13.2 Å². The lowest BCUT2D eigenvalue weighted by Crippen LogP contribution is -2.43. The van der Waals surface area contributed by atoms with Crippen molar-refractivity contribution in [1.29, 1.82) is 0 Å².